The molecule has 2 heterocycles. The zero-order valence-electron chi connectivity index (χ0n) is 11.5. The monoisotopic (exact) mass is 294 g/mol. The van der Waals surface area contributed by atoms with Gasteiger partial charge in [-0.05, 0) is 25.3 Å². The van der Waals surface area contributed by atoms with Crippen molar-refractivity contribution >= 4 is 17.2 Å². The van der Waals surface area contributed by atoms with E-state index < -0.39 is 5.54 Å². The molecule has 6 nitrogen and oxygen atoms in total. The maximum atomic E-state index is 11.8. The van der Waals surface area contributed by atoms with Crippen molar-refractivity contribution in [1.29, 1.82) is 0 Å². The molecule has 0 aliphatic rings. The lowest BCUT2D eigenvalue weighted by atomic mass is 10.1. The molecule has 0 bridgehead atoms. The first-order valence-corrected chi connectivity index (χ1v) is 7.31. The van der Waals surface area contributed by atoms with E-state index in [2.05, 4.69) is 15.5 Å². The maximum Gasteiger partial charge on any atom is 0.227 e. The van der Waals surface area contributed by atoms with Crippen LogP contribution in [-0.4, -0.2) is 28.1 Å². The number of carbonyl (C=O) groups excluding carboxylic acids is 1. The molecule has 2 rings (SSSR count). The van der Waals surface area contributed by atoms with Crippen molar-refractivity contribution in [2.75, 3.05) is 6.54 Å². The molecule has 2 aromatic heterocycles. The molecule has 0 aliphatic carbocycles. The first-order valence-electron chi connectivity index (χ1n) is 6.36. The zero-order valence-corrected chi connectivity index (χ0v) is 12.4. The van der Waals surface area contributed by atoms with Gasteiger partial charge in [0.15, 0.2) is 0 Å². The smallest absolute Gasteiger partial charge is 0.227 e. The van der Waals surface area contributed by atoms with E-state index in [1.54, 1.807) is 11.3 Å². The highest BCUT2D eigenvalue weighted by atomic mass is 32.1. The number of amides is 1. The number of hydrogen-bond acceptors (Lipinski definition) is 6. The number of carbonyl (C=O) groups is 1. The highest BCUT2D eigenvalue weighted by molar-refractivity contribution is 7.08. The first-order chi connectivity index (χ1) is 9.50. The summed E-state index contributed by atoms with van der Waals surface area (Å²) < 4.78 is 5.13. The Hall–Kier alpha value is -1.73. The van der Waals surface area contributed by atoms with Crippen LogP contribution >= 0.6 is 11.3 Å². The van der Waals surface area contributed by atoms with Crippen LogP contribution in [0.3, 0.4) is 0 Å². The molecule has 108 valence electrons. The summed E-state index contributed by atoms with van der Waals surface area (Å²) in [7, 11) is 0. The van der Waals surface area contributed by atoms with Gasteiger partial charge in [0, 0.05) is 35.9 Å². The summed E-state index contributed by atoms with van der Waals surface area (Å²) in [6.45, 7) is 4.15. The van der Waals surface area contributed by atoms with Gasteiger partial charge in [0.1, 0.15) is 0 Å². The Morgan fingerprint density at radius 2 is 2.35 bits per heavy atom. The molecule has 1 amide bonds. The second-order valence-electron chi connectivity index (χ2n) is 5.16. The molecule has 7 heteroatoms. The van der Waals surface area contributed by atoms with Gasteiger partial charge in [-0.2, -0.15) is 16.3 Å². The molecule has 0 aromatic carbocycles. The van der Waals surface area contributed by atoms with E-state index in [1.807, 2.05) is 30.7 Å². The Morgan fingerprint density at radius 3 is 3.00 bits per heavy atom. The Labute approximate surface area is 121 Å². The molecule has 0 unspecified atom stereocenters. The standard InChI is InChI=1S/C13H18N4O2S/c1-13(2,8-14)16-10(18)3-4-11-15-12(17-19-11)9-5-6-20-7-9/h5-7H,3-4,8,14H2,1-2H3,(H,16,18). The predicted molar refractivity (Wildman–Crippen MR) is 77.2 cm³/mol. The van der Waals surface area contributed by atoms with E-state index in [0.717, 1.165) is 5.56 Å². The summed E-state index contributed by atoms with van der Waals surface area (Å²) in [5.74, 6) is 0.951. The molecule has 0 spiro atoms. The quantitative estimate of drug-likeness (QED) is 0.843. The van der Waals surface area contributed by atoms with Gasteiger partial charge in [-0.15, -0.1) is 0 Å². The van der Waals surface area contributed by atoms with Crippen LogP contribution in [0.4, 0.5) is 0 Å². The van der Waals surface area contributed by atoms with Crippen LogP contribution in [0.1, 0.15) is 26.2 Å². The van der Waals surface area contributed by atoms with Crippen molar-refractivity contribution in [2.24, 2.45) is 5.73 Å². The molecule has 20 heavy (non-hydrogen) atoms. The van der Waals surface area contributed by atoms with Gasteiger partial charge in [0.2, 0.25) is 17.6 Å². The minimum absolute atomic E-state index is 0.0734. The van der Waals surface area contributed by atoms with Gasteiger partial charge in [0.05, 0.1) is 0 Å². The SMILES string of the molecule is CC(C)(CN)NC(=O)CCc1nc(-c2ccsc2)no1. The number of nitrogens with one attached hydrogen (secondary N) is 1. The molecule has 0 saturated carbocycles. The van der Waals surface area contributed by atoms with Crippen LogP contribution < -0.4 is 11.1 Å². The summed E-state index contributed by atoms with van der Waals surface area (Å²) in [6.07, 6.45) is 0.721. The van der Waals surface area contributed by atoms with Crippen molar-refractivity contribution in [2.45, 2.75) is 32.2 Å². The van der Waals surface area contributed by atoms with Crippen molar-refractivity contribution < 1.29 is 9.32 Å². The summed E-state index contributed by atoms with van der Waals surface area (Å²) in [4.78, 5) is 16.0. The van der Waals surface area contributed by atoms with Crippen LogP contribution in [0, 0.1) is 0 Å². The largest absolute Gasteiger partial charge is 0.350 e. The summed E-state index contributed by atoms with van der Waals surface area (Å²) in [5, 5.41) is 10.7. The van der Waals surface area contributed by atoms with Crippen LogP contribution in [0.5, 0.6) is 0 Å². The van der Waals surface area contributed by atoms with Crippen molar-refractivity contribution in [3.63, 3.8) is 0 Å². The number of nitrogens with zero attached hydrogens (tertiary/aromatic N) is 2. The fourth-order valence-electron chi connectivity index (χ4n) is 1.58. The summed E-state index contributed by atoms with van der Waals surface area (Å²) >= 11 is 1.57. The minimum Gasteiger partial charge on any atom is -0.350 e. The van der Waals surface area contributed by atoms with Gasteiger partial charge in [0.25, 0.3) is 0 Å². The van der Waals surface area contributed by atoms with E-state index in [-0.39, 0.29) is 5.91 Å². The maximum absolute atomic E-state index is 11.8. The zero-order chi connectivity index (χ0) is 14.6. The molecular weight excluding hydrogens is 276 g/mol. The average Bonchev–Trinajstić information content (AvgIpc) is 3.06. The van der Waals surface area contributed by atoms with E-state index in [1.165, 1.54) is 0 Å². The molecule has 3 N–H and O–H groups in total. The topological polar surface area (TPSA) is 94.0 Å². The van der Waals surface area contributed by atoms with Crippen LogP contribution in [0.25, 0.3) is 11.4 Å². The normalized spacial score (nSPS) is 11.6. The number of aryl methyl sites for hydroxylation is 1. The number of thiophene rings is 1. The molecule has 0 saturated heterocycles. The van der Waals surface area contributed by atoms with Crippen LogP contribution in [0.2, 0.25) is 0 Å². The summed E-state index contributed by atoms with van der Waals surface area (Å²) in [5.41, 5.74) is 6.10. The van der Waals surface area contributed by atoms with Gasteiger partial charge in [-0.3, -0.25) is 4.79 Å². The van der Waals surface area contributed by atoms with Gasteiger partial charge in [-0.1, -0.05) is 5.16 Å². The number of nitrogens with two attached hydrogens (primary N) is 1. The third-order valence-electron chi connectivity index (χ3n) is 2.80. The van der Waals surface area contributed by atoms with Crippen LogP contribution in [0.15, 0.2) is 21.3 Å². The highest BCUT2D eigenvalue weighted by Gasteiger charge is 2.18. The molecule has 2 aromatic rings. The van der Waals surface area contributed by atoms with Gasteiger partial charge < -0.3 is 15.6 Å². The Bertz CT molecular complexity index is 563. The van der Waals surface area contributed by atoms with Crippen LogP contribution in [-0.2, 0) is 11.2 Å². The third kappa shape index (κ3) is 3.88. The highest BCUT2D eigenvalue weighted by Crippen LogP contribution is 2.18. The number of hydrogen-bond donors (Lipinski definition) is 2. The first kappa shape index (κ1) is 14.7. The van der Waals surface area contributed by atoms with E-state index in [4.69, 9.17) is 10.3 Å². The Kier molecular flexibility index (Phi) is 4.51. The third-order valence-corrected chi connectivity index (χ3v) is 3.48. The van der Waals surface area contributed by atoms with Gasteiger partial charge in [-0.25, -0.2) is 0 Å². The predicted octanol–water partition coefficient (Wildman–Crippen LogP) is 1.58. The van der Waals surface area contributed by atoms with E-state index in [0.29, 0.717) is 31.1 Å². The number of rotatable bonds is 6. The minimum atomic E-state index is -0.395. The molecule has 0 atom stereocenters. The lowest BCUT2D eigenvalue weighted by Crippen LogP contribution is -2.48. The van der Waals surface area contributed by atoms with Gasteiger partial charge >= 0.3 is 0 Å². The molecule has 0 fully saturated rings. The molecule has 0 aliphatic heterocycles. The molecule has 0 radical (unpaired) electrons. The second kappa shape index (κ2) is 6.15. The summed E-state index contributed by atoms with van der Waals surface area (Å²) in [6, 6.07) is 1.93. The lowest BCUT2D eigenvalue weighted by Gasteiger charge is -2.23. The fourth-order valence-corrected chi connectivity index (χ4v) is 2.21. The van der Waals surface area contributed by atoms with Crippen molar-refractivity contribution in [3.8, 4) is 11.4 Å². The Balaban J connectivity index is 1.87. The van der Waals surface area contributed by atoms with Crippen molar-refractivity contribution in [1.82, 2.24) is 15.5 Å². The molecular formula is C13H18N4O2S. The second-order valence-corrected chi connectivity index (χ2v) is 5.94. The number of aromatic nitrogens is 2. The lowest BCUT2D eigenvalue weighted by molar-refractivity contribution is -0.122. The fraction of sp³-hybridized carbons (Fsp3) is 0.462. The van der Waals surface area contributed by atoms with E-state index in [9.17, 15) is 4.79 Å². The Morgan fingerprint density at radius 1 is 1.55 bits per heavy atom. The van der Waals surface area contributed by atoms with Crippen molar-refractivity contribution in [3.05, 3.63) is 22.7 Å². The average molecular weight is 294 g/mol. The van der Waals surface area contributed by atoms with E-state index >= 15 is 0 Å².